The van der Waals surface area contributed by atoms with Crippen LogP contribution in [-0.4, -0.2) is 6.66 Å². The van der Waals surface area contributed by atoms with Crippen molar-refractivity contribution in [2.45, 2.75) is 105 Å². The average molecular weight is 546 g/mol. The van der Waals surface area contributed by atoms with E-state index in [1.807, 2.05) is 0 Å². The molecule has 1 unspecified atom stereocenters. The van der Waals surface area contributed by atoms with E-state index < -0.39 is 14.4 Å². The first-order chi connectivity index (χ1) is 14.8. The second-order valence-electron chi connectivity index (χ2n) is 13.0. The van der Waals surface area contributed by atoms with Crippen LogP contribution in [0.2, 0.25) is 0 Å². The molecule has 0 fully saturated rings. The summed E-state index contributed by atoms with van der Waals surface area (Å²) in [4.78, 5) is 0. The Morgan fingerprint density at radius 3 is 1.12 bits per heavy atom. The Morgan fingerprint density at radius 1 is 0.559 bits per heavy atom. The summed E-state index contributed by atoms with van der Waals surface area (Å²) < 4.78 is 13.3. The molecule has 0 saturated heterocycles. The Bertz CT molecular complexity index is 883. The summed E-state index contributed by atoms with van der Waals surface area (Å²) in [6, 6.07) is 13.4. The van der Waals surface area contributed by atoms with Crippen LogP contribution in [-0.2, 0) is 36.0 Å². The summed E-state index contributed by atoms with van der Waals surface area (Å²) in [6.45, 7) is 29.3. The molecular weight excluding hydrogens is 499 g/mol. The van der Waals surface area contributed by atoms with Crippen LogP contribution in [0.25, 0.3) is 0 Å². The van der Waals surface area contributed by atoms with Gasteiger partial charge in [-0.3, -0.25) is 0 Å². The van der Waals surface area contributed by atoms with Gasteiger partial charge in [-0.15, -0.1) is 12.4 Å². The zero-order valence-electron chi connectivity index (χ0n) is 23.6. The van der Waals surface area contributed by atoms with Gasteiger partial charge in [0.05, 0.1) is 0 Å². The topological polar surface area (TPSA) is 18.5 Å². The van der Waals surface area contributed by atoms with E-state index in [0.717, 1.165) is 11.5 Å². The predicted molar refractivity (Wildman–Crippen MR) is 150 cm³/mol. The minimum absolute atomic E-state index is 0. The van der Waals surface area contributed by atoms with Crippen LogP contribution in [0.15, 0.2) is 36.4 Å². The third-order valence-electron chi connectivity index (χ3n) is 5.80. The van der Waals surface area contributed by atoms with Crippen LogP contribution in [0.3, 0.4) is 0 Å². The summed E-state index contributed by atoms with van der Waals surface area (Å²) in [5.74, 6) is 1.94. The number of benzene rings is 2. The second-order valence-corrected chi connectivity index (χ2v) is 18.0. The molecular formula is C29H47ClCrO2P. The number of rotatable bonds is 5. The van der Waals surface area contributed by atoms with Crippen molar-refractivity contribution in [3.05, 3.63) is 58.7 Å². The maximum absolute atomic E-state index is 6.67. The number of hydrogen-bond acceptors (Lipinski definition) is 2. The van der Waals surface area contributed by atoms with Crippen molar-refractivity contribution in [1.82, 2.24) is 0 Å². The standard InChI is InChI=1S/2C14H22O.CH4P.ClH.Cr/c2*1-13(2,3)10-7-8-12(15)11(9-10)14(4,5)6;1-2;;/h2*7-9,15H,1-6H3;2H,1H3;1H;/q;;-1;;+3/p-2. The van der Waals surface area contributed by atoms with Crippen molar-refractivity contribution in [3.8, 4) is 11.5 Å². The summed E-state index contributed by atoms with van der Waals surface area (Å²) in [6.07, 6.45) is 0. The average Bonchev–Trinajstić information content (AvgIpc) is 2.64. The zero-order chi connectivity index (χ0) is 25.4. The van der Waals surface area contributed by atoms with E-state index in [2.05, 4.69) is 126 Å². The summed E-state index contributed by atoms with van der Waals surface area (Å²) in [7, 11) is 0.613. The van der Waals surface area contributed by atoms with Gasteiger partial charge < -0.3 is 0 Å². The van der Waals surface area contributed by atoms with Crippen LogP contribution in [0, 0.1) is 0 Å². The maximum atomic E-state index is 6.67. The van der Waals surface area contributed by atoms with Crippen molar-refractivity contribution in [2.75, 3.05) is 6.66 Å². The Hall–Kier alpha value is -0.708. The molecule has 34 heavy (non-hydrogen) atoms. The van der Waals surface area contributed by atoms with Gasteiger partial charge in [0.25, 0.3) is 0 Å². The quantitative estimate of drug-likeness (QED) is 0.348. The van der Waals surface area contributed by atoms with E-state index in [1.54, 1.807) is 0 Å². The van der Waals surface area contributed by atoms with Crippen LogP contribution in [0.1, 0.15) is 105 Å². The van der Waals surface area contributed by atoms with Gasteiger partial charge in [-0.2, -0.15) is 0 Å². The fourth-order valence-electron chi connectivity index (χ4n) is 3.57. The molecule has 0 N–H and O–H groups in total. The minimum atomic E-state index is -1.79. The molecule has 0 aromatic heterocycles. The zero-order valence-corrected chi connectivity index (χ0v) is 26.7. The molecule has 2 rings (SSSR count). The van der Waals surface area contributed by atoms with Crippen molar-refractivity contribution >= 4 is 19.6 Å². The third kappa shape index (κ3) is 8.17. The normalized spacial score (nSPS) is 13.4. The van der Waals surface area contributed by atoms with Crippen molar-refractivity contribution in [1.29, 1.82) is 0 Å². The van der Waals surface area contributed by atoms with Gasteiger partial charge in [-0.25, -0.2) is 0 Å². The fraction of sp³-hybridized carbons (Fsp3) is 0.586. The van der Waals surface area contributed by atoms with Gasteiger partial charge in [-0.1, -0.05) is 0 Å². The SMILES string of the molecule is C[PH][Cr]([O]c1ccc(C(C)(C)C)cc1C(C)(C)C)[O]c1ccc(C(C)(C)C)cc1C(C)(C)C.Cl. The molecule has 193 valence electrons. The van der Waals surface area contributed by atoms with Crippen LogP contribution in [0.5, 0.6) is 11.5 Å². The Labute approximate surface area is 222 Å². The molecule has 0 bridgehead atoms. The van der Waals surface area contributed by atoms with Crippen molar-refractivity contribution in [3.63, 3.8) is 0 Å². The Morgan fingerprint density at radius 2 is 0.882 bits per heavy atom. The molecule has 0 aliphatic carbocycles. The Kier molecular flexibility index (Phi) is 10.3. The molecule has 1 atom stereocenters. The first-order valence-corrected chi connectivity index (χ1v) is 16.3. The van der Waals surface area contributed by atoms with Gasteiger partial charge in [0.1, 0.15) is 0 Å². The predicted octanol–water partition coefficient (Wildman–Crippen LogP) is 9.43. The summed E-state index contributed by atoms with van der Waals surface area (Å²) in [5.41, 5.74) is 5.38. The van der Waals surface area contributed by atoms with Crippen LogP contribution >= 0.6 is 19.6 Å². The van der Waals surface area contributed by atoms with E-state index in [9.17, 15) is 0 Å². The smallest absolute Gasteiger partial charge is 0.147 e. The van der Waals surface area contributed by atoms with E-state index in [4.69, 9.17) is 7.58 Å². The molecule has 2 aromatic rings. The maximum Gasteiger partial charge on any atom is -0.147 e. The van der Waals surface area contributed by atoms with Gasteiger partial charge in [0, 0.05) is 0 Å². The molecule has 0 aliphatic heterocycles. The Balaban J connectivity index is 0.00000578. The summed E-state index contributed by atoms with van der Waals surface area (Å²) in [5, 5.41) is 0. The van der Waals surface area contributed by atoms with Gasteiger partial charge in [0.15, 0.2) is 0 Å². The third-order valence-corrected chi connectivity index (χ3v) is 9.42. The van der Waals surface area contributed by atoms with Gasteiger partial charge in [-0.05, 0) is 0 Å². The molecule has 2 nitrogen and oxygen atoms in total. The van der Waals surface area contributed by atoms with E-state index in [0.29, 0.717) is 7.23 Å². The number of halogens is 1. The van der Waals surface area contributed by atoms with Crippen LogP contribution in [0.4, 0.5) is 0 Å². The van der Waals surface area contributed by atoms with Crippen LogP contribution < -0.4 is 7.58 Å². The molecule has 0 spiro atoms. The van der Waals surface area contributed by atoms with E-state index in [-0.39, 0.29) is 34.1 Å². The van der Waals surface area contributed by atoms with E-state index in [1.165, 1.54) is 22.3 Å². The largest absolute Gasteiger partial charge is 0.147 e. The molecule has 0 saturated carbocycles. The summed E-state index contributed by atoms with van der Waals surface area (Å²) >= 11 is -1.79. The molecule has 0 radical (unpaired) electrons. The molecule has 2 aromatic carbocycles. The van der Waals surface area contributed by atoms with Gasteiger partial charge >= 0.3 is 211 Å². The molecule has 0 heterocycles. The number of hydrogen-bond donors (Lipinski definition) is 0. The monoisotopic (exact) mass is 545 g/mol. The molecule has 0 aliphatic rings. The minimum Gasteiger partial charge on any atom is -0.147 e. The van der Waals surface area contributed by atoms with E-state index >= 15 is 0 Å². The van der Waals surface area contributed by atoms with Gasteiger partial charge in [0.2, 0.25) is 0 Å². The molecule has 5 heteroatoms. The van der Waals surface area contributed by atoms with Crippen molar-refractivity contribution < 1.29 is 21.9 Å². The fourth-order valence-corrected chi connectivity index (χ4v) is 6.28. The second kappa shape index (κ2) is 11.1. The molecule has 0 amide bonds. The first kappa shape index (κ1) is 31.3. The first-order valence-electron chi connectivity index (χ1n) is 11.9. The van der Waals surface area contributed by atoms with Crippen molar-refractivity contribution in [2.24, 2.45) is 0 Å².